The van der Waals surface area contributed by atoms with Gasteiger partial charge in [0.15, 0.2) is 11.6 Å². The molecule has 2 aromatic carbocycles. The van der Waals surface area contributed by atoms with Crippen LogP contribution in [0.25, 0.3) is 0 Å². The van der Waals surface area contributed by atoms with Crippen LogP contribution in [0.15, 0.2) is 53.4 Å². The number of thioether (sulfide) groups is 1. The topological polar surface area (TPSA) is 26.3 Å². The summed E-state index contributed by atoms with van der Waals surface area (Å²) in [5, 5.41) is 0. The first-order valence-corrected chi connectivity index (χ1v) is 7.20. The molecule has 20 heavy (non-hydrogen) atoms. The van der Waals surface area contributed by atoms with Gasteiger partial charge in [0, 0.05) is 11.3 Å². The average molecular weight is 290 g/mol. The number of carbonyl (C=O) groups excluding carboxylic acids is 1. The molecule has 0 N–H and O–H groups in total. The van der Waals surface area contributed by atoms with Crippen molar-refractivity contribution in [3.63, 3.8) is 0 Å². The minimum Gasteiger partial charge on any atom is -0.494 e. The number of hydrogen-bond acceptors (Lipinski definition) is 3. The zero-order valence-electron chi connectivity index (χ0n) is 11.1. The second-order valence-corrected chi connectivity index (χ2v) is 5.30. The number of carbonyl (C=O) groups is 1. The molecule has 0 radical (unpaired) electrons. The summed E-state index contributed by atoms with van der Waals surface area (Å²) in [6.07, 6.45) is 0.0862. The number of ketones is 1. The molecule has 0 saturated carbocycles. The van der Waals surface area contributed by atoms with Crippen LogP contribution < -0.4 is 4.74 Å². The van der Waals surface area contributed by atoms with Crippen LogP contribution in [0.1, 0.15) is 5.56 Å². The molecule has 0 fully saturated rings. The summed E-state index contributed by atoms with van der Waals surface area (Å²) >= 11 is 1.46. The summed E-state index contributed by atoms with van der Waals surface area (Å²) in [6.45, 7) is 0. The summed E-state index contributed by atoms with van der Waals surface area (Å²) in [4.78, 5) is 12.9. The van der Waals surface area contributed by atoms with Crippen molar-refractivity contribution in [1.82, 2.24) is 0 Å². The van der Waals surface area contributed by atoms with Crippen molar-refractivity contribution in [2.24, 2.45) is 0 Å². The van der Waals surface area contributed by atoms with E-state index in [2.05, 4.69) is 0 Å². The third kappa shape index (κ3) is 3.84. The molecule has 0 saturated heterocycles. The zero-order valence-corrected chi connectivity index (χ0v) is 12.0. The number of ether oxygens (including phenoxy) is 1. The zero-order chi connectivity index (χ0) is 14.4. The monoisotopic (exact) mass is 290 g/mol. The van der Waals surface area contributed by atoms with E-state index < -0.39 is 5.82 Å². The van der Waals surface area contributed by atoms with Gasteiger partial charge in [0.1, 0.15) is 5.78 Å². The van der Waals surface area contributed by atoms with Crippen LogP contribution in [0.2, 0.25) is 0 Å². The Morgan fingerprint density at radius 2 is 1.90 bits per heavy atom. The highest BCUT2D eigenvalue weighted by Crippen LogP contribution is 2.22. The molecule has 0 unspecified atom stereocenters. The van der Waals surface area contributed by atoms with E-state index in [4.69, 9.17) is 4.74 Å². The molecule has 2 aromatic rings. The van der Waals surface area contributed by atoms with Crippen LogP contribution in [0.3, 0.4) is 0 Å². The lowest BCUT2D eigenvalue weighted by Crippen LogP contribution is -2.07. The Labute approximate surface area is 122 Å². The Morgan fingerprint density at radius 1 is 1.15 bits per heavy atom. The maximum absolute atomic E-state index is 13.9. The van der Waals surface area contributed by atoms with E-state index in [9.17, 15) is 9.18 Å². The van der Waals surface area contributed by atoms with Crippen molar-refractivity contribution < 1.29 is 13.9 Å². The predicted octanol–water partition coefficient (Wildman–Crippen LogP) is 3.74. The lowest BCUT2D eigenvalue weighted by atomic mass is 10.1. The number of benzene rings is 2. The van der Waals surface area contributed by atoms with Crippen LogP contribution >= 0.6 is 11.8 Å². The molecule has 0 spiro atoms. The molecule has 0 atom stereocenters. The van der Waals surface area contributed by atoms with Gasteiger partial charge in [-0.25, -0.2) is 4.39 Å². The molecule has 0 amide bonds. The van der Waals surface area contributed by atoms with Gasteiger partial charge in [0.25, 0.3) is 0 Å². The second-order valence-electron chi connectivity index (χ2n) is 4.25. The maximum Gasteiger partial charge on any atom is 0.168 e. The molecule has 0 aliphatic rings. The van der Waals surface area contributed by atoms with Crippen molar-refractivity contribution in [1.29, 1.82) is 0 Å². The maximum atomic E-state index is 13.9. The molecule has 0 aliphatic heterocycles. The third-order valence-electron chi connectivity index (χ3n) is 2.79. The number of Topliss-reactive ketones (excluding diaryl/α,β-unsaturated/α-hetero) is 1. The van der Waals surface area contributed by atoms with Gasteiger partial charge < -0.3 is 4.74 Å². The normalized spacial score (nSPS) is 10.3. The molecular formula is C16H15FO2S. The Balaban J connectivity index is 1.95. The van der Waals surface area contributed by atoms with E-state index in [1.807, 2.05) is 30.3 Å². The van der Waals surface area contributed by atoms with E-state index in [0.717, 1.165) is 4.90 Å². The summed E-state index contributed by atoms with van der Waals surface area (Å²) in [7, 11) is 1.41. The smallest absolute Gasteiger partial charge is 0.168 e. The van der Waals surface area contributed by atoms with Crippen molar-refractivity contribution in [2.45, 2.75) is 11.3 Å². The molecule has 0 bridgehead atoms. The van der Waals surface area contributed by atoms with Crippen LogP contribution in [0.4, 0.5) is 4.39 Å². The lowest BCUT2D eigenvalue weighted by molar-refractivity contribution is -0.116. The highest BCUT2D eigenvalue weighted by molar-refractivity contribution is 8.00. The van der Waals surface area contributed by atoms with Crippen LogP contribution in [-0.2, 0) is 11.2 Å². The summed E-state index contributed by atoms with van der Waals surface area (Å²) in [5.74, 6) is 0.0470. The van der Waals surface area contributed by atoms with Gasteiger partial charge in [-0.1, -0.05) is 30.3 Å². The van der Waals surface area contributed by atoms with Gasteiger partial charge in [0.05, 0.1) is 12.9 Å². The van der Waals surface area contributed by atoms with Crippen molar-refractivity contribution in [3.8, 4) is 5.75 Å². The van der Waals surface area contributed by atoms with E-state index in [1.54, 1.807) is 18.2 Å². The van der Waals surface area contributed by atoms with E-state index in [0.29, 0.717) is 11.3 Å². The average Bonchev–Trinajstić information content (AvgIpc) is 2.48. The SMILES string of the molecule is COc1cccc(CC(=O)CSc2ccccc2)c1F. The van der Waals surface area contributed by atoms with Gasteiger partial charge in [0.2, 0.25) is 0 Å². The Kier molecular flexibility index (Phi) is 5.18. The fourth-order valence-corrected chi connectivity index (χ4v) is 2.57. The van der Waals surface area contributed by atoms with E-state index >= 15 is 0 Å². The van der Waals surface area contributed by atoms with Crippen molar-refractivity contribution in [3.05, 3.63) is 59.9 Å². The number of methoxy groups -OCH3 is 1. The largest absolute Gasteiger partial charge is 0.494 e. The van der Waals surface area contributed by atoms with Gasteiger partial charge in [-0.05, 0) is 23.8 Å². The number of rotatable bonds is 6. The fraction of sp³-hybridized carbons (Fsp3) is 0.188. The van der Waals surface area contributed by atoms with Gasteiger partial charge in [-0.2, -0.15) is 0 Å². The van der Waals surface area contributed by atoms with Gasteiger partial charge >= 0.3 is 0 Å². The minimum absolute atomic E-state index is 0.00833. The van der Waals surface area contributed by atoms with E-state index in [1.165, 1.54) is 18.9 Å². The minimum atomic E-state index is -0.451. The summed E-state index contributed by atoms with van der Waals surface area (Å²) < 4.78 is 18.8. The molecular weight excluding hydrogens is 275 g/mol. The summed E-state index contributed by atoms with van der Waals surface area (Å²) in [6, 6.07) is 14.5. The first kappa shape index (κ1) is 14.6. The Morgan fingerprint density at radius 3 is 2.60 bits per heavy atom. The third-order valence-corrected chi connectivity index (χ3v) is 3.87. The first-order valence-electron chi connectivity index (χ1n) is 6.21. The highest BCUT2D eigenvalue weighted by atomic mass is 32.2. The fourth-order valence-electron chi connectivity index (χ4n) is 1.79. The first-order chi connectivity index (χ1) is 9.70. The Bertz CT molecular complexity index is 584. The molecule has 0 heterocycles. The standard InChI is InChI=1S/C16H15FO2S/c1-19-15-9-5-6-12(16(15)17)10-13(18)11-20-14-7-3-2-4-8-14/h2-9H,10-11H2,1H3. The molecule has 2 nitrogen and oxygen atoms in total. The molecule has 0 aromatic heterocycles. The molecule has 2 rings (SSSR count). The molecule has 104 valence electrons. The van der Waals surface area contributed by atoms with Crippen molar-refractivity contribution >= 4 is 17.5 Å². The molecule has 4 heteroatoms. The Hall–Kier alpha value is -1.81. The predicted molar refractivity (Wildman–Crippen MR) is 78.8 cm³/mol. The van der Waals surface area contributed by atoms with E-state index in [-0.39, 0.29) is 18.0 Å². The number of halogens is 1. The number of hydrogen-bond donors (Lipinski definition) is 0. The van der Waals surface area contributed by atoms with Crippen LogP contribution in [0.5, 0.6) is 5.75 Å². The summed E-state index contributed by atoms with van der Waals surface area (Å²) in [5.41, 5.74) is 0.378. The van der Waals surface area contributed by atoms with Gasteiger partial charge in [-0.3, -0.25) is 4.79 Å². The van der Waals surface area contributed by atoms with Crippen LogP contribution in [-0.4, -0.2) is 18.6 Å². The van der Waals surface area contributed by atoms with Crippen LogP contribution in [0, 0.1) is 5.82 Å². The lowest BCUT2D eigenvalue weighted by Gasteiger charge is -2.06. The second kappa shape index (κ2) is 7.10. The van der Waals surface area contributed by atoms with Gasteiger partial charge in [-0.15, -0.1) is 11.8 Å². The van der Waals surface area contributed by atoms with Crippen molar-refractivity contribution in [2.75, 3.05) is 12.9 Å². The highest BCUT2D eigenvalue weighted by Gasteiger charge is 2.12. The quantitative estimate of drug-likeness (QED) is 0.758. The molecule has 0 aliphatic carbocycles.